The molecule has 3 heterocycles. The molecular formula is C26H21N5O. The van der Waals surface area contributed by atoms with E-state index in [1.165, 1.54) is 0 Å². The summed E-state index contributed by atoms with van der Waals surface area (Å²) in [5.41, 5.74) is 5.53. The Kier molecular flexibility index (Phi) is 5.09. The SMILES string of the molecule is C=C(C)c1cc(-n2cccn2)cc(Oc2cccc(-n3cc(-c4ccccc4)cn3)c2)n1. The molecule has 0 aliphatic carbocycles. The van der Waals surface area contributed by atoms with E-state index in [-0.39, 0.29) is 0 Å². The summed E-state index contributed by atoms with van der Waals surface area (Å²) in [6.45, 7) is 5.94. The van der Waals surface area contributed by atoms with Gasteiger partial charge in [-0.05, 0) is 42.3 Å². The van der Waals surface area contributed by atoms with Crippen molar-refractivity contribution in [3.8, 4) is 34.1 Å². The zero-order chi connectivity index (χ0) is 21.9. The van der Waals surface area contributed by atoms with Crippen LogP contribution < -0.4 is 4.74 Å². The van der Waals surface area contributed by atoms with Crippen molar-refractivity contribution in [3.63, 3.8) is 0 Å². The lowest BCUT2D eigenvalue weighted by Gasteiger charge is -2.11. The Morgan fingerprint density at radius 3 is 2.50 bits per heavy atom. The van der Waals surface area contributed by atoms with Crippen molar-refractivity contribution in [2.75, 3.05) is 0 Å². The largest absolute Gasteiger partial charge is 0.439 e. The van der Waals surface area contributed by atoms with Crippen LogP contribution in [0.25, 0.3) is 28.1 Å². The summed E-state index contributed by atoms with van der Waals surface area (Å²) in [7, 11) is 0. The first-order valence-corrected chi connectivity index (χ1v) is 10.2. The van der Waals surface area contributed by atoms with Gasteiger partial charge in [0, 0.05) is 36.3 Å². The molecule has 3 aromatic heterocycles. The van der Waals surface area contributed by atoms with Crippen molar-refractivity contribution in [2.24, 2.45) is 0 Å². The Morgan fingerprint density at radius 1 is 0.844 bits per heavy atom. The fourth-order valence-corrected chi connectivity index (χ4v) is 3.37. The van der Waals surface area contributed by atoms with E-state index in [0.717, 1.165) is 33.8 Å². The summed E-state index contributed by atoms with van der Waals surface area (Å²) in [5, 5.41) is 8.83. The summed E-state index contributed by atoms with van der Waals surface area (Å²) >= 11 is 0. The number of ether oxygens (including phenoxy) is 1. The molecule has 2 aromatic carbocycles. The molecule has 5 aromatic rings. The van der Waals surface area contributed by atoms with Gasteiger partial charge in [-0.2, -0.15) is 10.2 Å². The number of hydrogen-bond acceptors (Lipinski definition) is 4. The number of rotatable bonds is 6. The standard InChI is InChI=1S/C26H21N5O/c1-19(2)25-15-23(30-13-7-12-27-30)16-26(29-25)32-24-11-6-10-22(14-24)31-18-21(17-28-31)20-8-4-3-5-9-20/h3-18H,1H2,2H3. The smallest absolute Gasteiger partial charge is 0.221 e. The van der Waals surface area contributed by atoms with Crippen LogP contribution in [-0.2, 0) is 0 Å². The molecule has 32 heavy (non-hydrogen) atoms. The molecule has 0 aliphatic heterocycles. The molecule has 0 unspecified atom stereocenters. The van der Waals surface area contributed by atoms with Crippen molar-refractivity contribution in [2.45, 2.75) is 6.92 Å². The van der Waals surface area contributed by atoms with Crippen molar-refractivity contribution in [1.29, 1.82) is 0 Å². The van der Waals surface area contributed by atoms with Crippen LogP contribution in [0.1, 0.15) is 12.6 Å². The number of aromatic nitrogens is 5. The normalized spacial score (nSPS) is 10.8. The van der Waals surface area contributed by atoms with Gasteiger partial charge in [0.05, 0.1) is 23.3 Å². The molecule has 6 nitrogen and oxygen atoms in total. The predicted molar refractivity (Wildman–Crippen MR) is 125 cm³/mol. The van der Waals surface area contributed by atoms with Gasteiger partial charge in [-0.25, -0.2) is 14.3 Å². The van der Waals surface area contributed by atoms with Crippen LogP contribution in [-0.4, -0.2) is 24.5 Å². The third-order valence-corrected chi connectivity index (χ3v) is 4.99. The second kappa shape index (κ2) is 8.35. The van der Waals surface area contributed by atoms with Crippen LogP contribution in [0.3, 0.4) is 0 Å². The van der Waals surface area contributed by atoms with E-state index in [1.54, 1.807) is 10.9 Å². The Balaban J connectivity index is 1.45. The van der Waals surface area contributed by atoms with Crippen molar-refractivity contribution in [1.82, 2.24) is 24.5 Å². The zero-order valence-electron chi connectivity index (χ0n) is 17.6. The van der Waals surface area contributed by atoms with Crippen LogP contribution in [0.4, 0.5) is 0 Å². The summed E-state index contributed by atoms with van der Waals surface area (Å²) in [5.74, 6) is 1.13. The fourth-order valence-electron chi connectivity index (χ4n) is 3.37. The van der Waals surface area contributed by atoms with E-state index >= 15 is 0 Å². The minimum absolute atomic E-state index is 0.471. The van der Waals surface area contributed by atoms with Gasteiger partial charge >= 0.3 is 0 Å². The first-order chi connectivity index (χ1) is 15.7. The lowest BCUT2D eigenvalue weighted by atomic mass is 10.1. The number of nitrogens with zero attached hydrogens (tertiary/aromatic N) is 5. The highest BCUT2D eigenvalue weighted by atomic mass is 16.5. The molecule has 0 aliphatic rings. The third-order valence-electron chi connectivity index (χ3n) is 4.99. The van der Waals surface area contributed by atoms with Crippen molar-refractivity contribution in [3.05, 3.63) is 110 Å². The first-order valence-electron chi connectivity index (χ1n) is 10.2. The van der Waals surface area contributed by atoms with Crippen LogP contribution in [0.5, 0.6) is 11.6 Å². The summed E-state index contributed by atoms with van der Waals surface area (Å²) in [6, 6.07) is 23.6. The molecule has 0 N–H and O–H groups in total. The molecule has 0 saturated carbocycles. The van der Waals surface area contributed by atoms with Crippen LogP contribution in [0.15, 0.2) is 104 Å². The van der Waals surface area contributed by atoms with E-state index in [0.29, 0.717) is 11.6 Å². The Hall–Kier alpha value is -4.45. The van der Waals surface area contributed by atoms with E-state index in [2.05, 4.69) is 33.9 Å². The first kappa shape index (κ1) is 19.5. The maximum Gasteiger partial charge on any atom is 0.221 e. The molecule has 0 bridgehead atoms. The average Bonchev–Trinajstić information content (AvgIpc) is 3.52. The van der Waals surface area contributed by atoms with E-state index in [1.807, 2.05) is 90.9 Å². The Bertz CT molecular complexity index is 1370. The number of allylic oxidation sites excluding steroid dienone is 1. The third kappa shape index (κ3) is 4.06. The van der Waals surface area contributed by atoms with Gasteiger partial charge in [-0.15, -0.1) is 0 Å². The minimum atomic E-state index is 0.471. The van der Waals surface area contributed by atoms with Gasteiger partial charge in [0.1, 0.15) is 5.75 Å². The second-order valence-electron chi connectivity index (χ2n) is 7.42. The predicted octanol–water partition coefficient (Wildman–Crippen LogP) is 5.95. The fraction of sp³-hybridized carbons (Fsp3) is 0.0385. The lowest BCUT2D eigenvalue weighted by Crippen LogP contribution is -2.00. The van der Waals surface area contributed by atoms with Crippen molar-refractivity contribution < 1.29 is 4.74 Å². The molecular weight excluding hydrogens is 398 g/mol. The highest BCUT2D eigenvalue weighted by Gasteiger charge is 2.09. The zero-order valence-corrected chi connectivity index (χ0v) is 17.6. The number of benzene rings is 2. The number of hydrogen-bond donors (Lipinski definition) is 0. The molecule has 5 rings (SSSR count). The Morgan fingerprint density at radius 2 is 1.72 bits per heavy atom. The van der Waals surface area contributed by atoms with Gasteiger partial charge in [0.25, 0.3) is 0 Å². The molecule has 0 saturated heterocycles. The van der Waals surface area contributed by atoms with Gasteiger partial charge in [-0.1, -0.05) is 43.0 Å². The second-order valence-corrected chi connectivity index (χ2v) is 7.42. The summed E-state index contributed by atoms with van der Waals surface area (Å²) in [4.78, 5) is 4.60. The number of pyridine rings is 1. The van der Waals surface area contributed by atoms with E-state index < -0.39 is 0 Å². The minimum Gasteiger partial charge on any atom is -0.439 e. The molecule has 0 atom stereocenters. The van der Waals surface area contributed by atoms with Gasteiger partial charge < -0.3 is 4.74 Å². The Labute approximate surface area is 186 Å². The van der Waals surface area contributed by atoms with Gasteiger partial charge in [0.2, 0.25) is 5.88 Å². The average molecular weight is 419 g/mol. The summed E-state index contributed by atoms with van der Waals surface area (Å²) in [6.07, 6.45) is 7.48. The highest BCUT2D eigenvalue weighted by molar-refractivity contribution is 5.62. The summed E-state index contributed by atoms with van der Waals surface area (Å²) < 4.78 is 9.73. The van der Waals surface area contributed by atoms with Crippen LogP contribution in [0.2, 0.25) is 0 Å². The van der Waals surface area contributed by atoms with Crippen molar-refractivity contribution >= 4 is 5.57 Å². The molecule has 0 amide bonds. The van der Waals surface area contributed by atoms with Gasteiger partial charge in [0.15, 0.2) is 0 Å². The van der Waals surface area contributed by atoms with Crippen LogP contribution >= 0.6 is 0 Å². The quantitative estimate of drug-likeness (QED) is 0.341. The van der Waals surface area contributed by atoms with E-state index in [9.17, 15) is 0 Å². The highest BCUT2D eigenvalue weighted by Crippen LogP contribution is 2.27. The molecule has 0 radical (unpaired) electrons. The topological polar surface area (TPSA) is 57.8 Å². The monoisotopic (exact) mass is 419 g/mol. The molecule has 156 valence electrons. The van der Waals surface area contributed by atoms with E-state index in [4.69, 9.17) is 4.74 Å². The maximum absolute atomic E-state index is 6.13. The molecule has 0 spiro atoms. The lowest BCUT2D eigenvalue weighted by molar-refractivity contribution is 0.461. The molecule has 0 fully saturated rings. The van der Waals surface area contributed by atoms with Gasteiger partial charge in [-0.3, -0.25) is 0 Å². The maximum atomic E-state index is 6.13. The molecule has 6 heteroatoms. The van der Waals surface area contributed by atoms with Crippen LogP contribution in [0, 0.1) is 0 Å².